The SMILES string of the molecule is CC(C)(C)OC(=O)NCCOCCN1CC=C(C(=O)Nc2csc(-c3ccc(Cl)c(Cl)c3)n2)CC1. The topological polar surface area (TPSA) is 92.8 Å². The van der Waals surface area contributed by atoms with Crippen molar-refractivity contribution in [3.05, 3.63) is 45.3 Å². The van der Waals surface area contributed by atoms with Crippen molar-refractivity contribution < 1.29 is 19.1 Å². The molecule has 35 heavy (non-hydrogen) atoms. The number of amides is 2. The molecule has 190 valence electrons. The monoisotopic (exact) mass is 540 g/mol. The van der Waals surface area contributed by atoms with Crippen LogP contribution >= 0.6 is 34.5 Å². The lowest BCUT2D eigenvalue weighted by Crippen LogP contribution is -2.36. The van der Waals surface area contributed by atoms with Crippen molar-refractivity contribution in [1.82, 2.24) is 15.2 Å². The summed E-state index contributed by atoms with van der Waals surface area (Å²) in [5.74, 6) is 0.373. The molecule has 1 aromatic carbocycles. The Morgan fingerprint density at radius 3 is 2.69 bits per heavy atom. The summed E-state index contributed by atoms with van der Waals surface area (Å²) in [5, 5.41) is 9.05. The summed E-state index contributed by atoms with van der Waals surface area (Å²) >= 11 is 13.5. The van der Waals surface area contributed by atoms with Crippen LogP contribution in [0, 0.1) is 0 Å². The van der Waals surface area contributed by atoms with Gasteiger partial charge in [0.25, 0.3) is 5.91 Å². The Balaban J connectivity index is 1.36. The number of nitrogens with one attached hydrogen (secondary N) is 2. The van der Waals surface area contributed by atoms with Crippen LogP contribution in [0.1, 0.15) is 27.2 Å². The van der Waals surface area contributed by atoms with Crippen LogP contribution < -0.4 is 10.6 Å². The van der Waals surface area contributed by atoms with E-state index in [-0.39, 0.29) is 5.91 Å². The normalized spacial score (nSPS) is 14.4. The number of hydrogen-bond donors (Lipinski definition) is 2. The highest BCUT2D eigenvalue weighted by atomic mass is 35.5. The van der Waals surface area contributed by atoms with Gasteiger partial charge in [0.05, 0.1) is 23.3 Å². The second-order valence-electron chi connectivity index (χ2n) is 8.94. The average Bonchev–Trinajstić information content (AvgIpc) is 3.25. The van der Waals surface area contributed by atoms with E-state index in [0.29, 0.717) is 48.6 Å². The smallest absolute Gasteiger partial charge is 0.407 e. The Morgan fingerprint density at radius 2 is 2.00 bits per heavy atom. The number of ether oxygens (including phenoxy) is 2. The van der Waals surface area contributed by atoms with Gasteiger partial charge in [-0.05, 0) is 39.3 Å². The maximum Gasteiger partial charge on any atom is 0.407 e. The molecular weight excluding hydrogens is 511 g/mol. The first-order valence-electron chi connectivity index (χ1n) is 11.3. The van der Waals surface area contributed by atoms with Crippen molar-refractivity contribution in [1.29, 1.82) is 0 Å². The molecule has 0 aliphatic carbocycles. The number of aromatic nitrogens is 1. The second-order valence-corrected chi connectivity index (χ2v) is 10.6. The van der Waals surface area contributed by atoms with Gasteiger partial charge in [0.15, 0.2) is 0 Å². The van der Waals surface area contributed by atoms with Gasteiger partial charge in [0.1, 0.15) is 16.4 Å². The predicted octanol–water partition coefficient (Wildman–Crippen LogP) is 5.23. The molecule has 0 radical (unpaired) electrons. The Hall–Kier alpha value is -2.17. The third-order valence-electron chi connectivity index (χ3n) is 4.96. The van der Waals surface area contributed by atoms with E-state index in [1.165, 1.54) is 11.3 Å². The van der Waals surface area contributed by atoms with Gasteiger partial charge < -0.3 is 20.1 Å². The van der Waals surface area contributed by atoms with Gasteiger partial charge in [-0.25, -0.2) is 9.78 Å². The third kappa shape index (κ3) is 9.09. The quantitative estimate of drug-likeness (QED) is 0.423. The molecule has 0 atom stereocenters. The van der Waals surface area contributed by atoms with Crippen molar-refractivity contribution in [3.8, 4) is 10.6 Å². The fraction of sp³-hybridized carbons (Fsp3) is 0.458. The largest absolute Gasteiger partial charge is 0.444 e. The molecule has 0 bridgehead atoms. The highest BCUT2D eigenvalue weighted by Gasteiger charge is 2.18. The summed E-state index contributed by atoms with van der Waals surface area (Å²) in [6.45, 7) is 8.99. The van der Waals surface area contributed by atoms with Gasteiger partial charge in [-0.15, -0.1) is 11.3 Å². The van der Waals surface area contributed by atoms with Gasteiger partial charge in [-0.3, -0.25) is 9.69 Å². The van der Waals surface area contributed by atoms with E-state index >= 15 is 0 Å². The van der Waals surface area contributed by atoms with E-state index in [1.807, 2.05) is 32.9 Å². The van der Waals surface area contributed by atoms with Gasteiger partial charge in [-0.2, -0.15) is 0 Å². The summed E-state index contributed by atoms with van der Waals surface area (Å²) in [6.07, 6.45) is 2.14. The molecule has 0 fully saturated rings. The van der Waals surface area contributed by atoms with Crippen LogP contribution in [0.4, 0.5) is 10.6 Å². The molecule has 11 heteroatoms. The number of benzene rings is 1. The number of carbonyl (C=O) groups is 2. The third-order valence-corrected chi connectivity index (χ3v) is 6.59. The summed E-state index contributed by atoms with van der Waals surface area (Å²) < 4.78 is 10.8. The average molecular weight is 542 g/mol. The Kier molecular flexibility index (Phi) is 9.94. The molecule has 1 aromatic heterocycles. The fourth-order valence-corrected chi connectivity index (χ4v) is 4.29. The highest BCUT2D eigenvalue weighted by molar-refractivity contribution is 7.13. The minimum atomic E-state index is -0.516. The van der Waals surface area contributed by atoms with Crippen LogP contribution in [-0.2, 0) is 14.3 Å². The number of anilines is 1. The number of alkyl carbamates (subject to hydrolysis) is 1. The molecule has 2 N–H and O–H groups in total. The highest BCUT2D eigenvalue weighted by Crippen LogP contribution is 2.31. The molecule has 0 spiro atoms. The zero-order valence-electron chi connectivity index (χ0n) is 20.0. The molecule has 3 rings (SSSR count). The Bertz CT molecular complexity index is 1070. The fourth-order valence-electron chi connectivity index (χ4n) is 3.25. The lowest BCUT2D eigenvalue weighted by atomic mass is 10.1. The van der Waals surface area contributed by atoms with Gasteiger partial charge >= 0.3 is 6.09 Å². The standard InChI is InChI=1S/C24H30Cl2N4O4S/c1-24(2,3)34-23(32)27-8-12-33-13-11-30-9-6-16(7-10-30)21(31)28-20-15-35-22(29-20)17-4-5-18(25)19(26)14-17/h4-6,14-15H,7-13H2,1-3H3,(H,27,32)(H,28,31). The molecule has 0 saturated carbocycles. The zero-order valence-corrected chi connectivity index (χ0v) is 22.4. The molecule has 2 aromatic rings. The first-order chi connectivity index (χ1) is 16.6. The van der Waals surface area contributed by atoms with Crippen LogP contribution in [0.5, 0.6) is 0 Å². The number of halogens is 2. The molecule has 2 amide bonds. The Morgan fingerprint density at radius 1 is 1.20 bits per heavy atom. The first-order valence-corrected chi connectivity index (χ1v) is 12.9. The van der Waals surface area contributed by atoms with Crippen molar-refractivity contribution >= 4 is 52.4 Å². The first kappa shape index (κ1) is 27.4. The Labute approximate surface area is 219 Å². The molecular formula is C24H30Cl2N4O4S. The number of thiazole rings is 1. The van der Waals surface area contributed by atoms with Gasteiger partial charge in [-0.1, -0.05) is 35.3 Å². The van der Waals surface area contributed by atoms with Gasteiger partial charge in [0.2, 0.25) is 0 Å². The maximum atomic E-state index is 12.7. The molecule has 0 saturated heterocycles. The van der Waals surface area contributed by atoms with Crippen LogP contribution in [-0.4, -0.2) is 66.9 Å². The van der Waals surface area contributed by atoms with Crippen molar-refractivity contribution in [2.45, 2.75) is 32.8 Å². The van der Waals surface area contributed by atoms with Crippen LogP contribution in [0.3, 0.4) is 0 Å². The van der Waals surface area contributed by atoms with Crippen molar-refractivity contribution in [2.75, 3.05) is 44.7 Å². The number of carbonyl (C=O) groups excluding carboxylic acids is 2. The van der Waals surface area contributed by atoms with E-state index < -0.39 is 11.7 Å². The lowest BCUT2D eigenvalue weighted by Gasteiger charge is -2.25. The second kappa shape index (κ2) is 12.7. The predicted molar refractivity (Wildman–Crippen MR) is 140 cm³/mol. The van der Waals surface area contributed by atoms with E-state index in [4.69, 9.17) is 32.7 Å². The van der Waals surface area contributed by atoms with Crippen molar-refractivity contribution in [2.24, 2.45) is 0 Å². The number of hydrogen-bond acceptors (Lipinski definition) is 7. The number of rotatable bonds is 9. The van der Waals surface area contributed by atoms with Gasteiger partial charge in [0, 0.05) is 42.7 Å². The summed E-state index contributed by atoms with van der Waals surface area (Å²) in [6, 6.07) is 5.33. The molecule has 8 nitrogen and oxygen atoms in total. The minimum Gasteiger partial charge on any atom is -0.444 e. The summed E-state index contributed by atoms with van der Waals surface area (Å²) in [4.78, 5) is 30.9. The molecule has 1 aliphatic heterocycles. The maximum absolute atomic E-state index is 12.7. The van der Waals surface area contributed by atoms with E-state index in [9.17, 15) is 9.59 Å². The van der Waals surface area contributed by atoms with Crippen LogP contribution in [0.25, 0.3) is 10.6 Å². The molecule has 1 aliphatic rings. The zero-order chi connectivity index (χ0) is 25.4. The number of nitrogens with zero attached hydrogens (tertiary/aromatic N) is 2. The van der Waals surface area contributed by atoms with E-state index in [1.54, 1.807) is 17.5 Å². The van der Waals surface area contributed by atoms with Crippen LogP contribution in [0.2, 0.25) is 10.0 Å². The van der Waals surface area contributed by atoms with Crippen LogP contribution in [0.15, 0.2) is 35.2 Å². The van der Waals surface area contributed by atoms with E-state index in [2.05, 4.69) is 20.5 Å². The van der Waals surface area contributed by atoms with Crippen molar-refractivity contribution in [3.63, 3.8) is 0 Å². The molecule has 2 heterocycles. The summed E-state index contributed by atoms with van der Waals surface area (Å²) in [7, 11) is 0. The summed E-state index contributed by atoms with van der Waals surface area (Å²) in [5.41, 5.74) is 1.07. The minimum absolute atomic E-state index is 0.139. The van der Waals surface area contributed by atoms with E-state index in [0.717, 1.165) is 29.2 Å². The molecule has 0 unspecified atom stereocenters. The lowest BCUT2D eigenvalue weighted by molar-refractivity contribution is -0.113.